The topological polar surface area (TPSA) is 327 Å². The minimum atomic E-state index is -2.02. The second-order valence-electron chi connectivity index (χ2n) is 14.9. The Balaban J connectivity index is 1.47. The SMILES string of the molecule is CCCCCCCCCCCCCC=CC(O)C(CO)NC(=O)OC1OC(CO)C(OC2OC(CO)C(OC3OC(CO)C(O)C(O)C3O)C(O)C2O)C(O)C1O. The van der Waals surface area contributed by atoms with Crippen LogP contribution in [0.4, 0.5) is 4.79 Å². The number of carbonyl (C=O) groups excluding carboxylic acids is 1. The van der Waals surface area contributed by atoms with E-state index in [1.165, 1.54) is 57.4 Å². The van der Waals surface area contributed by atoms with Crippen LogP contribution in [0.15, 0.2) is 12.2 Å². The van der Waals surface area contributed by atoms with Crippen LogP contribution >= 0.6 is 0 Å². The van der Waals surface area contributed by atoms with E-state index in [9.17, 15) is 66.1 Å². The molecule has 57 heavy (non-hydrogen) atoms. The lowest BCUT2D eigenvalue weighted by Gasteiger charge is -2.48. The van der Waals surface area contributed by atoms with Crippen molar-refractivity contribution in [2.45, 2.75) is 188 Å². The van der Waals surface area contributed by atoms with E-state index in [1.54, 1.807) is 6.08 Å². The van der Waals surface area contributed by atoms with Gasteiger partial charge in [-0.15, -0.1) is 0 Å². The average Bonchev–Trinajstić information content (AvgIpc) is 3.20. The summed E-state index contributed by atoms with van der Waals surface area (Å²) in [5, 5.41) is 126. The van der Waals surface area contributed by atoms with Crippen LogP contribution in [-0.2, 0) is 28.4 Å². The summed E-state index contributed by atoms with van der Waals surface area (Å²) in [4.78, 5) is 12.7. The first kappa shape index (κ1) is 49.7. The predicted octanol–water partition coefficient (Wildman–Crippen LogP) is -2.86. The van der Waals surface area contributed by atoms with E-state index in [0.717, 1.165) is 19.3 Å². The molecule has 3 fully saturated rings. The fraction of sp³-hybridized carbons (Fsp3) is 0.919. The minimum absolute atomic E-state index is 0.677. The smallest absolute Gasteiger partial charge is 0.409 e. The molecule has 1 amide bonds. The summed E-state index contributed by atoms with van der Waals surface area (Å²) in [5.41, 5.74) is 0. The molecule has 3 rings (SSSR count). The van der Waals surface area contributed by atoms with Gasteiger partial charge in [-0.05, 0) is 12.8 Å². The fourth-order valence-electron chi connectivity index (χ4n) is 6.97. The van der Waals surface area contributed by atoms with Crippen molar-refractivity contribution in [3.63, 3.8) is 0 Å². The lowest BCUT2D eigenvalue weighted by molar-refractivity contribution is -0.377. The molecule has 3 saturated heterocycles. The molecule has 0 radical (unpaired) electrons. The Bertz CT molecular complexity index is 1130. The highest BCUT2D eigenvalue weighted by Gasteiger charge is 2.54. The first-order valence-electron chi connectivity index (χ1n) is 20.1. The Kier molecular flexibility index (Phi) is 22.5. The van der Waals surface area contributed by atoms with Gasteiger partial charge in [0.1, 0.15) is 73.2 Å². The van der Waals surface area contributed by atoms with Gasteiger partial charge < -0.3 is 95.0 Å². The maximum Gasteiger partial charge on any atom is 0.409 e. The van der Waals surface area contributed by atoms with E-state index in [1.807, 2.05) is 0 Å². The maximum absolute atomic E-state index is 12.7. The van der Waals surface area contributed by atoms with Gasteiger partial charge in [-0.3, -0.25) is 0 Å². The summed E-state index contributed by atoms with van der Waals surface area (Å²) >= 11 is 0. The quantitative estimate of drug-likeness (QED) is 0.0344. The van der Waals surface area contributed by atoms with Gasteiger partial charge in [-0.2, -0.15) is 0 Å². The second-order valence-corrected chi connectivity index (χ2v) is 14.9. The Morgan fingerprint density at radius 2 is 1.04 bits per heavy atom. The van der Waals surface area contributed by atoms with Gasteiger partial charge in [0.05, 0.1) is 38.6 Å². The molecule has 13 N–H and O–H groups in total. The number of aliphatic hydroxyl groups is 12. The van der Waals surface area contributed by atoms with Gasteiger partial charge in [-0.1, -0.05) is 83.3 Å². The van der Waals surface area contributed by atoms with E-state index in [2.05, 4.69) is 12.2 Å². The monoisotopic (exact) mass is 829 g/mol. The van der Waals surface area contributed by atoms with Crippen LogP contribution in [0, 0.1) is 0 Å². The molecule has 17 unspecified atom stereocenters. The van der Waals surface area contributed by atoms with Gasteiger partial charge in [0.15, 0.2) is 12.6 Å². The van der Waals surface area contributed by atoms with Crippen molar-refractivity contribution in [1.82, 2.24) is 5.32 Å². The summed E-state index contributed by atoms with van der Waals surface area (Å²) in [6, 6.07) is -1.20. The molecular weight excluding hydrogens is 762 g/mol. The zero-order valence-corrected chi connectivity index (χ0v) is 32.5. The molecule has 0 spiro atoms. The van der Waals surface area contributed by atoms with Gasteiger partial charge in [0.2, 0.25) is 6.29 Å². The van der Waals surface area contributed by atoms with Gasteiger partial charge in [0, 0.05) is 0 Å². The molecule has 17 atom stereocenters. The summed E-state index contributed by atoms with van der Waals surface area (Å²) in [6.07, 6.45) is -12.1. The molecule has 0 aromatic heterocycles. The number of amides is 1. The number of allylic oxidation sites excluding steroid dienone is 1. The highest BCUT2D eigenvalue weighted by molar-refractivity contribution is 5.68. The number of rotatable bonds is 24. The zero-order chi connectivity index (χ0) is 42.1. The van der Waals surface area contributed by atoms with Gasteiger partial charge >= 0.3 is 6.09 Å². The molecule has 0 saturated carbocycles. The first-order chi connectivity index (χ1) is 27.3. The summed E-state index contributed by atoms with van der Waals surface area (Å²) in [5.74, 6) is 0. The third-order valence-electron chi connectivity index (χ3n) is 10.5. The number of hydrogen-bond acceptors (Lipinski definition) is 19. The van der Waals surface area contributed by atoms with E-state index in [-0.39, 0.29) is 0 Å². The van der Waals surface area contributed by atoms with Crippen molar-refractivity contribution in [3.8, 4) is 0 Å². The van der Waals surface area contributed by atoms with E-state index < -0.39 is 137 Å². The fourth-order valence-corrected chi connectivity index (χ4v) is 6.97. The third-order valence-corrected chi connectivity index (χ3v) is 10.5. The number of hydrogen-bond donors (Lipinski definition) is 13. The Hall–Kier alpha value is -1.67. The van der Waals surface area contributed by atoms with E-state index >= 15 is 0 Å². The third kappa shape index (κ3) is 14.5. The lowest BCUT2D eigenvalue weighted by atomic mass is 9.96. The molecule has 0 aromatic carbocycles. The zero-order valence-electron chi connectivity index (χ0n) is 32.5. The molecule has 0 aromatic rings. The predicted molar refractivity (Wildman–Crippen MR) is 196 cm³/mol. The number of nitrogens with one attached hydrogen (secondary N) is 1. The van der Waals surface area contributed by atoms with Crippen LogP contribution in [0.1, 0.15) is 84.0 Å². The van der Waals surface area contributed by atoms with Crippen LogP contribution in [0.3, 0.4) is 0 Å². The molecule has 0 bridgehead atoms. The standard InChI is InChI=1S/C37H67NO19/c1-2-3-4-5-6-7-8-9-10-11-12-13-14-15-21(43)20(16-39)38-37(51)57-36-31(50)28(47)33(24(19-42)54-36)56-35-30(49)27(46)32(23(18-41)53-35)55-34-29(48)26(45)25(44)22(17-40)52-34/h14-15,20-36,39-50H,2-13,16-19H2,1H3,(H,38,51). The van der Waals surface area contributed by atoms with Crippen molar-refractivity contribution < 1.29 is 94.5 Å². The Morgan fingerprint density at radius 3 is 1.53 bits per heavy atom. The maximum atomic E-state index is 12.7. The number of alkyl carbamates (subject to hydrolysis) is 1. The van der Waals surface area contributed by atoms with Crippen molar-refractivity contribution in [2.24, 2.45) is 0 Å². The molecule has 20 nitrogen and oxygen atoms in total. The normalized spacial score (nSPS) is 37.2. The van der Waals surface area contributed by atoms with Gasteiger partial charge in [0.25, 0.3) is 0 Å². The number of unbranched alkanes of at least 4 members (excludes halogenated alkanes) is 11. The molecule has 0 aliphatic carbocycles. The number of aliphatic hydroxyl groups excluding tert-OH is 12. The summed E-state index contributed by atoms with van der Waals surface area (Å²) < 4.78 is 32.5. The lowest BCUT2D eigenvalue weighted by Crippen LogP contribution is -2.66. The number of carbonyl (C=O) groups is 1. The molecular formula is C37H67NO19. The van der Waals surface area contributed by atoms with Crippen LogP contribution in [0.2, 0.25) is 0 Å². The summed E-state index contributed by atoms with van der Waals surface area (Å²) in [7, 11) is 0. The van der Waals surface area contributed by atoms with Crippen molar-refractivity contribution in [2.75, 3.05) is 26.4 Å². The van der Waals surface area contributed by atoms with Crippen LogP contribution in [0.25, 0.3) is 0 Å². The minimum Gasteiger partial charge on any atom is -0.417 e. The van der Waals surface area contributed by atoms with Crippen molar-refractivity contribution in [3.05, 3.63) is 12.2 Å². The van der Waals surface area contributed by atoms with E-state index in [0.29, 0.717) is 6.42 Å². The van der Waals surface area contributed by atoms with Crippen LogP contribution < -0.4 is 5.32 Å². The van der Waals surface area contributed by atoms with Crippen LogP contribution in [0.5, 0.6) is 0 Å². The average molecular weight is 830 g/mol. The Morgan fingerprint density at radius 1 is 0.596 bits per heavy atom. The van der Waals surface area contributed by atoms with Crippen molar-refractivity contribution >= 4 is 6.09 Å². The molecule has 3 heterocycles. The second kappa shape index (κ2) is 25.8. The van der Waals surface area contributed by atoms with E-state index in [4.69, 9.17) is 28.4 Å². The molecule has 20 heteroatoms. The highest BCUT2D eigenvalue weighted by Crippen LogP contribution is 2.32. The number of ether oxygens (including phenoxy) is 6. The summed E-state index contributed by atoms with van der Waals surface area (Å²) in [6.45, 7) is -1.02. The molecule has 3 aliphatic heterocycles. The largest absolute Gasteiger partial charge is 0.417 e. The Labute approximate surface area is 332 Å². The van der Waals surface area contributed by atoms with Crippen LogP contribution in [-0.4, -0.2) is 198 Å². The highest BCUT2D eigenvalue weighted by atomic mass is 16.8. The van der Waals surface area contributed by atoms with Gasteiger partial charge in [-0.25, -0.2) is 4.79 Å². The first-order valence-corrected chi connectivity index (χ1v) is 20.1. The van der Waals surface area contributed by atoms with Crippen molar-refractivity contribution in [1.29, 1.82) is 0 Å². The molecule has 3 aliphatic rings. The molecule has 334 valence electrons.